The number of aromatic nitrogens is 4. The molecule has 0 aliphatic carbocycles. The highest BCUT2D eigenvalue weighted by molar-refractivity contribution is 5.87. The highest BCUT2D eigenvalue weighted by atomic mass is 16.2. The van der Waals surface area contributed by atoms with Gasteiger partial charge in [-0.05, 0) is 37.1 Å². The van der Waals surface area contributed by atoms with Crippen LogP contribution >= 0.6 is 0 Å². The second kappa shape index (κ2) is 9.13. The van der Waals surface area contributed by atoms with Crippen LogP contribution in [-0.4, -0.2) is 49.9 Å². The third kappa shape index (κ3) is 4.78. The van der Waals surface area contributed by atoms with Gasteiger partial charge >= 0.3 is 0 Å². The van der Waals surface area contributed by atoms with E-state index < -0.39 is 0 Å². The van der Waals surface area contributed by atoms with Crippen LogP contribution in [0.1, 0.15) is 12.8 Å². The molecule has 1 saturated heterocycles. The lowest BCUT2D eigenvalue weighted by molar-refractivity contribution is -0.126. The number of hydrogen-bond donors (Lipinski definition) is 2. The Morgan fingerprint density at radius 2 is 1.87 bits per heavy atom. The van der Waals surface area contributed by atoms with Crippen molar-refractivity contribution in [1.82, 2.24) is 24.8 Å². The van der Waals surface area contributed by atoms with Gasteiger partial charge in [0.05, 0.1) is 5.69 Å². The Morgan fingerprint density at radius 1 is 1.07 bits per heavy atom. The molecule has 0 saturated carbocycles. The topological polar surface area (TPSA) is 95.9 Å². The Kier molecular flexibility index (Phi) is 5.93. The number of piperidine rings is 1. The van der Waals surface area contributed by atoms with E-state index in [0.29, 0.717) is 17.8 Å². The summed E-state index contributed by atoms with van der Waals surface area (Å²) >= 11 is 0. The van der Waals surface area contributed by atoms with Crippen molar-refractivity contribution in [2.75, 3.05) is 23.7 Å². The van der Waals surface area contributed by atoms with Crippen LogP contribution in [0.15, 0.2) is 67.9 Å². The second-order valence-corrected chi connectivity index (χ2v) is 7.05. The van der Waals surface area contributed by atoms with Gasteiger partial charge in [-0.15, -0.1) is 0 Å². The van der Waals surface area contributed by atoms with Crippen molar-refractivity contribution in [3.05, 3.63) is 67.9 Å². The summed E-state index contributed by atoms with van der Waals surface area (Å²) < 4.78 is 0. The second-order valence-electron chi connectivity index (χ2n) is 7.05. The largest absolute Gasteiger partial charge is 0.381 e. The summed E-state index contributed by atoms with van der Waals surface area (Å²) in [6.45, 7) is 5.02. The number of amides is 1. The molecule has 8 nitrogen and oxygen atoms in total. The van der Waals surface area contributed by atoms with Gasteiger partial charge in [0.25, 0.3) is 0 Å². The highest BCUT2D eigenvalue weighted by Gasteiger charge is 2.21. The van der Waals surface area contributed by atoms with Gasteiger partial charge in [0.1, 0.15) is 5.82 Å². The molecular weight excluding hydrogens is 378 g/mol. The van der Waals surface area contributed by atoms with E-state index in [1.165, 1.54) is 6.08 Å². The van der Waals surface area contributed by atoms with E-state index in [0.717, 1.165) is 42.7 Å². The van der Waals surface area contributed by atoms with Crippen LogP contribution in [0.4, 0.5) is 17.5 Å². The molecule has 8 heteroatoms. The molecule has 2 N–H and O–H groups in total. The monoisotopic (exact) mass is 401 g/mol. The lowest BCUT2D eigenvalue weighted by Gasteiger charge is -2.32. The zero-order valence-corrected chi connectivity index (χ0v) is 16.5. The molecule has 3 aromatic heterocycles. The van der Waals surface area contributed by atoms with Crippen molar-refractivity contribution >= 4 is 23.4 Å². The molecule has 0 radical (unpaired) electrons. The summed E-state index contributed by atoms with van der Waals surface area (Å²) in [7, 11) is 0. The van der Waals surface area contributed by atoms with Gasteiger partial charge in [-0.1, -0.05) is 12.6 Å². The molecule has 1 aliphatic heterocycles. The number of nitrogens with one attached hydrogen (secondary N) is 2. The minimum absolute atomic E-state index is 0.00176. The average molecular weight is 401 g/mol. The molecule has 0 spiro atoms. The first-order chi connectivity index (χ1) is 14.7. The van der Waals surface area contributed by atoms with Crippen LogP contribution in [-0.2, 0) is 4.79 Å². The number of hydrogen-bond acceptors (Lipinski definition) is 7. The first kappa shape index (κ1) is 19.5. The summed E-state index contributed by atoms with van der Waals surface area (Å²) in [5, 5.41) is 6.59. The highest BCUT2D eigenvalue weighted by Crippen LogP contribution is 2.23. The quantitative estimate of drug-likeness (QED) is 0.612. The number of carbonyl (C=O) groups is 1. The maximum absolute atomic E-state index is 11.7. The van der Waals surface area contributed by atoms with Crippen molar-refractivity contribution in [3.8, 4) is 11.1 Å². The minimum atomic E-state index is -0.00176. The molecule has 0 aromatic carbocycles. The molecule has 152 valence electrons. The molecule has 0 bridgehead atoms. The smallest absolute Gasteiger partial charge is 0.245 e. The molecule has 4 rings (SSSR count). The molecular formula is C22H23N7O. The molecule has 1 amide bonds. The number of carbonyl (C=O) groups excluding carboxylic acids is 1. The molecule has 30 heavy (non-hydrogen) atoms. The van der Waals surface area contributed by atoms with Crippen molar-refractivity contribution < 1.29 is 4.79 Å². The summed E-state index contributed by atoms with van der Waals surface area (Å²) in [6, 6.07) is 7.95. The Morgan fingerprint density at radius 3 is 2.57 bits per heavy atom. The van der Waals surface area contributed by atoms with Gasteiger partial charge in [0, 0.05) is 61.2 Å². The maximum atomic E-state index is 11.7. The van der Waals surface area contributed by atoms with Crippen molar-refractivity contribution in [3.63, 3.8) is 0 Å². The van der Waals surface area contributed by atoms with Crippen LogP contribution in [0.3, 0.4) is 0 Å². The lowest BCUT2D eigenvalue weighted by Crippen LogP contribution is -2.41. The SMILES string of the molecule is C=CC(=O)N1CCC(Nc2cncc(-c3cnc(Nc4ccccn4)nc3)c2)CC1. The standard InChI is InChI=1S/C22H23N7O/c1-2-21(30)29-9-6-18(7-10-29)27-19-11-16(12-23-15-19)17-13-25-22(26-14-17)28-20-5-3-4-8-24-20/h2-5,8,11-15,18,27H,1,6-7,9-10H2,(H,24,25,26,28). The predicted octanol–water partition coefficient (Wildman–Crippen LogP) is 3.27. The van der Waals surface area contributed by atoms with Crippen LogP contribution in [0.5, 0.6) is 0 Å². The zero-order valence-electron chi connectivity index (χ0n) is 16.5. The van der Waals surface area contributed by atoms with Gasteiger partial charge < -0.3 is 15.5 Å². The van der Waals surface area contributed by atoms with Crippen molar-refractivity contribution in [1.29, 1.82) is 0 Å². The first-order valence-corrected chi connectivity index (χ1v) is 9.84. The molecule has 3 aromatic rings. The normalized spacial score (nSPS) is 14.2. The van der Waals surface area contributed by atoms with E-state index in [2.05, 4.69) is 37.1 Å². The van der Waals surface area contributed by atoms with Gasteiger partial charge in [-0.25, -0.2) is 15.0 Å². The van der Waals surface area contributed by atoms with E-state index in [1.54, 1.807) is 24.8 Å². The first-order valence-electron chi connectivity index (χ1n) is 9.84. The van der Waals surface area contributed by atoms with Crippen LogP contribution in [0.25, 0.3) is 11.1 Å². The number of anilines is 3. The number of rotatable bonds is 6. The summed E-state index contributed by atoms with van der Waals surface area (Å²) in [5.41, 5.74) is 2.75. The van der Waals surface area contributed by atoms with Gasteiger partial charge in [0.15, 0.2) is 0 Å². The molecule has 0 unspecified atom stereocenters. The average Bonchev–Trinajstić information content (AvgIpc) is 2.80. The Labute approximate surface area is 175 Å². The van der Waals surface area contributed by atoms with E-state index in [4.69, 9.17) is 0 Å². The summed E-state index contributed by atoms with van der Waals surface area (Å²) in [5.74, 6) is 1.18. The third-order valence-electron chi connectivity index (χ3n) is 4.98. The van der Waals surface area contributed by atoms with Crippen LogP contribution < -0.4 is 10.6 Å². The lowest BCUT2D eigenvalue weighted by atomic mass is 10.0. The minimum Gasteiger partial charge on any atom is -0.381 e. The zero-order chi connectivity index (χ0) is 20.8. The van der Waals surface area contributed by atoms with E-state index >= 15 is 0 Å². The van der Waals surface area contributed by atoms with E-state index in [1.807, 2.05) is 35.4 Å². The fraction of sp³-hybridized carbons (Fsp3) is 0.227. The summed E-state index contributed by atoms with van der Waals surface area (Å²) in [6.07, 6.45) is 12.0. The molecule has 1 fully saturated rings. The molecule has 1 aliphatic rings. The predicted molar refractivity (Wildman–Crippen MR) is 116 cm³/mol. The number of likely N-dealkylation sites (tertiary alicyclic amines) is 1. The van der Waals surface area contributed by atoms with E-state index in [9.17, 15) is 4.79 Å². The molecule has 4 heterocycles. The maximum Gasteiger partial charge on any atom is 0.245 e. The molecule has 0 atom stereocenters. The number of nitrogens with zero attached hydrogens (tertiary/aromatic N) is 5. The number of pyridine rings is 2. The van der Waals surface area contributed by atoms with Gasteiger partial charge in [0.2, 0.25) is 11.9 Å². The van der Waals surface area contributed by atoms with Crippen molar-refractivity contribution in [2.45, 2.75) is 18.9 Å². The third-order valence-corrected chi connectivity index (χ3v) is 4.98. The van der Waals surface area contributed by atoms with Crippen molar-refractivity contribution in [2.24, 2.45) is 0 Å². The van der Waals surface area contributed by atoms with E-state index in [-0.39, 0.29) is 5.91 Å². The fourth-order valence-corrected chi connectivity index (χ4v) is 3.38. The summed E-state index contributed by atoms with van der Waals surface area (Å²) in [4.78, 5) is 30.9. The van der Waals surface area contributed by atoms with Crippen LogP contribution in [0.2, 0.25) is 0 Å². The van der Waals surface area contributed by atoms with Gasteiger partial charge in [-0.2, -0.15) is 0 Å². The van der Waals surface area contributed by atoms with Gasteiger partial charge in [-0.3, -0.25) is 9.78 Å². The fourth-order valence-electron chi connectivity index (χ4n) is 3.38. The Balaban J connectivity index is 1.38. The Hall–Kier alpha value is -3.81. The van der Waals surface area contributed by atoms with Crippen LogP contribution in [0, 0.1) is 0 Å². The Bertz CT molecular complexity index is 1000.